The molecule has 1 aromatic rings. The molecule has 1 aromatic carbocycles. The van der Waals surface area contributed by atoms with Gasteiger partial charge in [-0.15, -0.1) is 0 Å². The Bertz CT molecular complexity index is 703. The molecule has 2 fully saturated rings. The van der Waals surface area contributed by atoms with E-state index in [0.717, 1.165) is 19.5 Å². The molecule has 2 heterocycles. The Labute approximate surface area is 166 Å². The van der Waals surface area contributed by atoms with Crippen molar-refractivity contribution in [2.45, 2.75) is 33.1 Å². The molecule has 7 nitrogen and oxygen atoms in total. The maximum atomic E-state index is 12.9. The van der Waals surface area contributed by atoms with Crippen LogP contribution in [-0.2, 0) is 14.4 Å². The molecule has 3 rings (SSSR count). The highest BCUT2D eigenvalue weighted by atomic mass is 16.2. The highest BCUT2D eigenvalue weighted by Crippen LogP contribution is 2.25. The SMILES string of the molecule is CC(C)(C(=O)Nc1ccc(N2CCCCC2)cc1)C(=O)N1CCN(C=O)CC1. The van der Waals surface area contributed by atoms with Crippen LogP contribution in [0, 0.1) is 5.41 Å². The summed E-state index contributed by atoms with van der Waals surface area (Å²) in [6.07, 6.45) is 4.52. The van der Waals surface area contributed by atoms with E-state index in [9.17, 15) is 14.4 Å². The lowest BCUT2D eigenvalue weighted by molar-refractivity contribution is -0.148. The number of amides is 3. The molecule has 0 aliphatic carbocycles. The van der Waals surface area contributed by atoms with Crippen molar-refractivity contribution >= 4 is 29.6 Å². The van der Waals surface area contributed by atoms with Crippen molar-refractivity contribution in [2.75, 3.05) is 49.5 Å². The number of piperidine rings is 1. The van der Waals surface area contributed by atoms with Gasteiger partial charge in [0.15, 0.2) is 0 Å². The average Bonchev–Trinajstić information content (AvgIpc) is 2.74. The van der Waals surface area contributed by atoms with Crippen LogP contribution in [0.4, 0.5) is 11.4 Å². The van der Waals surface area contributed by atoms with Gasteiger partial charge < -0.3 is 20.0 Å². The fraction of sp³-hybridized carbons (Fsp3) is 0.571. The number of hydrogen-bond acceptors (Lipinski definition) is 4. The lowest BCUT2D eigenvalue weighted by Crippen LogP contribution is -2.54. The minimum Gasteiger partial charge on any atom is -0.372 e. The molecule has 1 N–H and O–H groups in total. The van der Waals surface area contributed by atoms with E-state index in [2.05, 4.69) is 10.2 Å². The Hall–Kier alpha value is -2.57. The molecule has 28 heavy (non-hydrogen) atoms. The molecule has 7 heteroatoms. The summed E-state index contributed by atoms with van der Waals surface area (Å²) in [5.41, 5.74) is 0.688. The zero-order valence-corrected chi connectivity index (χ0v) is 16.8. The fourth-order valence-corrected chi connectivity index (χ4v) is 3.72. The first-order valence-corrected chi connectivity index (χ1v) is 10.1. The molecule has 152 valence electrons. The summed E-state index contributed by atoms with van der Waals surface area (Å²) in [5.74, 6) is -0.526. The van der Waals surface area contributed by atoms with Crippen molar-refractivity contribution in [3.8, 4) is 0 Å². The number of rotatable bonds is 5. The van der Waals surface area contributed by atoms with Gasteiger partial charge in [0.25, 0.3) is 0 Å². The third-order valence-corrected chi connectivity index (χ3v) is 5.70. The number of carbonyl (C=O) groups excluding carboxylic acids is 3. The van der Waals surface area contributed by atoms with E-state index in [0.29, 0.717) is 31.9 Å². The minimum absolute atomic E-state index is 0.208. The highest BCUT2D eigenvalue weighted by Gasteiger charge is 2.40. The number of nitrogens with zero attached hydrogens (tertiary/aromatic N) is 3. The Morgan fingerprint density at radius 2 is 1.54 bits per heavy atom. The summed E-state index contributed by atoms with van der Waals surface area (Å²) in [6.45, 7) is 7.38. The first kappa shape index (κ1) is 20.2. The van der Waals surface area contributed by atoms with Gasteiger partial charge in [-0.05, 0) is 57.4 Å². The Kier molecular flexibility index (Phi) is 6.21. The number of nitrogens with one attached hydrogen (secondary N) is 1. The topological polar surface area (TPSA) is 73.0 Å². The normalized spacial score (nSPS) is 18.0. The van der Waals surface area contributed by atoms with Gasteiger partial charge >= 0.3 is 0 Å². The smallest absolute Gasteiger partial charge is 0.239 e. The van der Waals surface area contributed by atoms with Crippen LogP contribution >= 0.6 is 0 Å². The van der Waals surface area contributed by atoms with E-state index in [1.807, 2.05) is 24.3 Å². The Balaban J connectivity index is 1.59. The molecule has 0 spiro atoms. The Morgan fingerprint density at radius 1 is 0.929 bits per heavy atom. The molecule has 0 saturated carbocycles. The predicted octanol–water partition coefficient (Wildman–Crippen LogP) is 1.94. The monoisotopic (exact) mass is 386 g/mol. The van der Waals surface area contributed by atoms with Crippen molar-refractivity contribution in [2.24, 2.45) is 5.41 Å². The largest absolute Gasteiger partial charge is 0.372 e. The van der Waals surface area contributed by atoms with Crippen LogP contribution in [0.25, 0.3) is 0 Å². The van der Waals surface area contributed by atoms with Gasteiger partial charge in [-0.3, -0.25) is 14.4 Å². The van der Waals surface area contributed by atoms with Gasteiger partial charge in [0.1, 0.15) is 5.41 Å². The van der Waals surface area contributed by atoms with Crippen molar-refractivity contribution in [1.29, 1.82) is 0 Å². The third-order valence-electron chi connectivity index (χ3n) is 5.70. The fourth-order valence-electron chi connectivity index (χ4n) is 3.72. The molecule has 2 saturated heterocycles. The number of carbonyl (C=O) groups is 3. The van der Waals surface area contributed by atoms with Crippen molar-refractivity contribution in [1.82, 2.24) is 9.80 Å². The van der Waals surface area contributed by atoms with E-state index in [1.165, 1.54) is 24.9 Å². The van der Waals surface area contributed by atoms with E-state index in [-0.39, 0.29) is 11.8 Å². The average molecular weight is 386 g/mol. The Morgan fingerprint density at radius 3 is 2.11 bits per heavy atom. The van der Waals surface area contributed by atoms with Crippen LogP contribution in [0.5, 0.6) is 0 Å². The van der Waals surface area contributed by atoms with Crippen LogP contribution in [-0.4, -0.2) is 67.3 Å². The van der Waals surface area contributed by atoms with E-state index in [1.54, 1.807) is 23.6 Å². The molecule has 2 aliphatic heterocycles. The minimum atomic E-state index is -1.17. The molecule has 0 bridgehead atoms. The third kappa shape index (κ3) is 4.46. The van der Waals surface area contributed by atoms with Crippen LogP contribution in [0.15, 0.2) is 24.3 Å². The quantitative estimate of drug-likeness (QED) is 0.620. The standard InChI is InChI=1S/C21H30N4O3/c1-21(2,20(28)25-14-12-23(16-26)13-15-25)19(27)22-17-6-8-18(9-7-17)24-10-4-3-5-11-24/h6-9,16H,3-5,10-15H2,1-2H3,(H,22,27). The molecule has 0 atom stereocenters. The first-order chi connectivity index (χ1) is 13.4. The van der Waals surface area contributed by atoms with Crippen molar-refractivity contribution < 1.29 is 14.4 Å². The first-order valence-electron chi connectivity index (χ1n) is 10.1. The highest BCUT2D eigenvalue weighted by molar-refractivity contribution is 6.09. The number of benzene rings is 1. The molecular weight excluding hydrogens is 356 g/mol. The van der Waals surface area contributed by atoms with Gasteiger partial charge in [0.2, 0.25) is 18.2 Å². The molecular formula is C21H30N4O3. The zero-order valence-electron chi connectivity index (χ0n) is 16.8. The van der Waals surface area contributed by atoms with E-state index in [4.69, 9.17) is 0 Å². The second-order valence-corrected chi connectivity index (χ2v) is 8.11. The summed E-state index contributed by atoms with van der Waals surface area (Å²) in [7, 11) is 0. The summed E-state index contributed by atoms with van der Waals surface area (Å²) in [6, 6.07) is 7.83. The van der Waals surface area contributed by atoms with Crippen LogP contribution in [0.3, 0.4) is 0 Å². The van der Waals surface area contributed by atoms with Crippen LogP contribution < -0.4 is 10.2 Å². The number of anilines is 2. The van der Waals surface area contributed by atoms with Gasteiger partial charge in [0.05, 0.1) is 0 Å². The molecule has 0 aromatic heterocycles. The van der Waals surface area contributed by atoms with E-state index >= 15 is 0 Å². The lowest BCUT2D eigenvalue weighted by atomic mass is 9.89. The molecule has 3 amide bonds. The molecule has 0 unspecified atom stereocenters. The van der Waals surface area contributed by atoms with Crippen LogP contribution in [0.1, 0.15) is 33.1 Å². The summed E-state index contributed by atoms with van der Waals surface area (Å²) in [5, 5.41) is 2.88. The van der Waals surface area contributed by atoms with Crippen molar-refractivity contribution in [3.05, 3.63) is 24.3 Å². The van der Waals surface area contributed by atoms with Gasteiger partial charge in [-0.2, -0.15) is 0 Å². The van der Waals surface area contributed by atoms with E-state index < -0.39 is 5.41 Å². The van der Waals surface area contributed by atoms with Gasteiger partial charge in [-0.25, -0.2) is 0 Å². The lowest BCUT2D eigenvalue weighted by Gasteiger charge is -2.36. The second kappa shape index (κ2) is 8.63. The summed E-state index contributed by atoms with van der Waals surface area (Å²) in [4.78, 5) is 42.1. The summed E-state index contributed by atoms with van der Waals surface area (Å²) >= 11 is 0. The summed E-state index contributed by atoms with van der Waals surface area (Å²) < 4.78 is 0. The second-order valence-electron chi connectivity index (χ2n) is 8.11. The number of hydrogen-bond donors (Lipinski definition) is 1. The van der Waals surface area contributed by atoms with Gasteiger partial charge in [-0.1, -0.05) is 0 Å². The maximum absolute atomic E-state index is 12.9. The maximum Gasteiger partial charge on any atom is 0.239 e. The van der Waals surface area contributed by atoms with Crippen LogP contribution in [0.2, 0.25) is 0 Å². The van der Waals surface area contributed by atoms with Crippen molar-refractivity contribution in [3.63, 3.8) is 0 Å². The number of piperazine rings is 1. The zero-order chi connectivity index (χ0) is 20.1. The predicted molar refractivity (Wildman–Crippen MR) is 109 cm³/mol. The molecule has 0 radical (unpaired) electrons. The van der Waals surface area contributed by atoms with Gasteiger partial charge in [0, 0.05) is 50.6 Å². The molecule has 2 aliphatic rings.